The van der Waals surface area contributed by atoms with Gasteiger partial charge in [-0.25, -0.2) is 0 Å². The number of pyridine rings is 1. The minimum Gasteiger partial charge on any atom is -0.413 e. The summed E-state index contributed by atoms with van der Waals surface area (Å²) < 4.78 is 6.29. The molecule has 0 spiro atoms. The Morgan fingerprint density at radius 3 is 2.40 bits per heavy atom. The first-order valence-corrected chi connectivity index (χ1v) is 14.0. The van der Waals surface area contributed by atoms with Gasteiger partial charge in [-0.05, 0) is 88.9 Å². The molecule has 1 aromatic heterocycles. The standard InChI is InChI=1S/C26H43NO2Si/c1-20(12-10-13-21(2)19-29-30(8,9)26(5,6)7)16-17-25(28)22(3)18-24-15-11-14-23(4)27-24/h11,13-16,18,25,28H,10,12,17,19H2,1-9H3/b20-16-,21-13+,22-18+/t25-/m0/s1. The van der Waals surface area contributed by atoms with Crippen LogP contribution in [0.1, 0.15) is 72.2 Å². The van der Waals surface area contributed by atoms with Crippen molar-refractivity contribution >= 4 is 14.4 Å². The Hall–Kier alpha value is -1.49. The second-order valence-corrected chi connectivity index (χ2v) is 14.8. The molecule has 3 nitrogen and oxygen atoms in total. The van der Waals surface area contributed by atoms with E-state index in [2.05, 4.69) is 64.8 Å². The van der Waals surface area contributed by atoms with Gasteiger partial charge in [-0.2, -0.15) is 0 Å². The van der Waals surface area contributed by atoms with Crippen LogP contribution in [0.15, 0.2) is 47.1 Å². The van der Waals surface area contributed by atoms with Crippen molar-refractivity contribution in [3.63, 3.8) is 0 Å². The highest BCUT2D eigenvalue weighted by atomic mass is 28.4. The maximum atomic E-state index is 10.5. The number of allylic oxidation sites excluding steroid dienone is 2. The zero-order valence-corrected chi connectivity index (χ0v) is 21.7. The van der Waals surface area contributed by atoms with Crippen LogP contribution in [-0.2, 0) is 4.43 Å². The minimum atomic E-state index is -1.69. The van der Waals surface area contributed by atoms with Gasteiger partial charge in [-0.1, -0.05) is 50.1 Å². The molecule has 30 heavy (non-hydrogen) atoms. The fraction of sp³-hybridized carbons (Fsp3) is 0.577. The van der Waals surface area contributed by atoms with Crippen molar-refractivity contribution < 1.29 is 9.53 Å². The van der Waals surface area contributed by atoms with Crippen molar-refractivity contribution in [1.29, 1.82) is 0 Å². The first kappa shape index (κ1) is 26.5. The number of nitrogens with zero attached hydrogens (tertiary/aromatic N) is 1. The van der Waals surface area contributed by atoms with Crippen LogP contribution in [-0.4, -0.2) is 31.1 Å². The lowest BCUT2D eigenvalue weighted by Crippen LogP contribution is -2.41. The van der Waals surface area contributed by atoms with E-state index >= 15 is 0 Å². The van der Waals surface area contributed by atoms with Gasteiger partial charge >= 0.3 is 0 Å². The first-order valence-electron chi connectivity index (χ1n) is 11.1. The van der Waals surface area contributed by atoms with Crippen LogP contribution >= 0.6 is 0 Å². The second kappa shape index (κ2) is 11.8. The van der Waals surface area contributed by atoms with Crippen molar-refractivity contribution in [3.05, 3.63) is 58.5 Å². The first-order chi connectivity index (χ1) is 13.8. The quantitative estimate of drug-likeness (QED) is 0.315. The number of aromatic nitrogens is 1. The predicted octanol–water partition coefficient (Wildman–Crippen LogP) is 7.24. The molecule has 0 amide bonds. The van der Waals surface area contributed by atoms with Crippen molar-refractivity contribution in [2.24, 2.45) is 0 Å². The third-order valence-corrected chi connectivity index (χ3v) is 10.5. The van der Waals surface area contributed by atoms with Gasteiger partial charge in [0.15, 0.2) is 8.32 Å². The van der Waals surface area contributed by atoms with E-state index in [0.717, 1.165) is 36.4 Å². The molecule has 0 bridgehead atoms. The van der Waals surface area contributed by atoms with Gasteiger partial charge in [0.1, 0.15) is 0 Å². The molecule has 0 aliphatic rings. The third kappa shape index (κ3) is 9.54. The molecule has 1 aromatic rings. The van der Waals surface area contributed by atoms with Crippen LogP contribution in [0.5, 0.6) is 0 Å². The Balaban J connectivity index is 2.48. The average Bonchev–Trinajstić information content (AvgIpc) is 2.63. The molecule has 1 heterocycles. The molecule has 0 unspecified atom stereocenters. The molecule has 0 aromatic carbocycles. The lowest BCUT2D eigenvalue weighted by atomic mass is 10.0. The van der Waals surface area contributed by atoms with Crippen LogP contribution in [0.3, 0.4) is 0 Å². The van der Waals surface area contributed by atoms with E-state index < -0.39 is 14.4 Å². The van der Waals surface area contributed by atoms with Crippen LogP contribution in [0.2, 0.25) is 18.1 Å². The Kier molecular flexibility index (Phi) is 10.4. The zero-order chi connectivity index (χ0) is 22.9. The van der Waals surface area contributed by atoms with Crippen LogP contribution in [0.25, 0.3) is 6.08 Å². The summed E-state index contributed by atoms with van der Waals surface area (Å²) in [6.07, 6.45) is 8.58. The highest BCUT2D eigenvalue weighted by Gasteiger charge is 2.36. The minimum absolute atomic E-state index is 0.245. The topological polar surface area (TPSA) is 42.4 Å². The lowest BCUT2D eigenvalue weighted by Gasteiger charge is -2.36. The van der Waals surface area contributed by atoms with Gasteiger partial charge in [0.2, 0.25) is 0 Å². The van der Waals surface area contributed by atoms with Gasteiger partial charge in [0.05, 0.1) is 18.4 Å². The van der Waals surface area contributed by atoms with Crippen LogP contribution in [0.4, 0.5) is 0 Å². The van der Waals surface area contributed by atoms with Crippen molar-refractivity contribution in [3.8, 4) is 0 Å². The molecular weight excluding hydrogens is 386 g/mol. The normalized spacial score (nSPS) is 15.5. The van der Waals surface area contributed by atoms with Crippen LogP contribution in [0, 0.1) is 6.92 Å². The van der Waals surface area contributed by atoms with E-state index in [4.69, 9.17) is 4.43 Å². The summed E-state index contributed by atoms with van der Waals surface area (Å²) in [4.78, 5) is 4.47. The highest BCUT2D eigenvalue weighted by molar-refractivity contribution is 6.74. The Bertz CT molecular complexity index is 769. The summed E-state index contributed by atoms with van der Waals surface area (Å²) in [5.41, 5.74) is 5.44. The molecule has 0 saturated carbocycles. The highest BCUT2D eigenvalue weighted by Crippen LogP contribution is 2.36. The summed E-state index contributed by atoms with van der Waals surface area (Å²) in [6.45, 7) is 20.4. The van der Waals surface area contributed by atoms with E-state index in [9.17, 15) is 5.11 Å². The fourth-order valence-electron chi connectivity index (χ4n) is 2.69. The van der Waals surface area contributed by atoms with E-state index in [1.165, 1.54) is 11.1 Å². The van der Waals surface area contributed by atoms with Gasteiger partial charge in [-0.15, -0.1) is 0 Å². The summed E-state index contributed by atoms with van der Waals surface area (Å²) in [5, 5.41) is 10.7. The summed E-state index contributed by atoms with van der Waals surface area (Å²) in [5.74, 6) is 0. The summed E-state index contributed by atoms with van der Waals surface area (Å²) >= 11 is 0. The summed E-state index contributed by atoms with van der Waals surface area (Å²) in [6, 6.07) is 5.93. The van der Waals surface area contributed by atoms with Gasteiger partial charge in [-0.3, -0.25) is 4.98 Å². The number of aliphatic hydroxyl groups is 1. The monoisotopic (exact) mass is 429 g/mol. The molecule has 0 aliphatic heterocycles. The molecule has 0 saturated heterocycles. The summed E-state index contributed by atoms with van der Waals surface area (Å²) in [7, 11) is -1.69. The molecule has 4 heteroatoms. The van der Waals surface area contributed by atoms with Crippen molar-refractivity contribution in [2.45, 2.75) is 92.0 Å². The zero-order valence-electron chi connectivity index (χ0n) is 20.7. The van der Waals surface area contributed by atoms with Gasteiger partial charge in [0, 0.05) is 5.69 Å². The number of hydrogen-bond donors (Lipinski definition) is 1. The molecule has 0 aliphatic carbocycles. The number of rotatable bonds is 10. The molecule has 0 fully saturated rings. The Morgan fingerprint density at radius 1 is 1.13 bits per heavy atom. The Labute approximate surface area is 186 Å². The largest absolute Gasteiger partial charge is 0.413 e. The number of hydrogen-bond acceptors (Lipinski definition) is 3. The number of aryl methyl sites for hydroxylation is 1. The van der Waals surface area contributed by atoms with E-state index in [1.807, 2.05) is 38.1 Å². The predicted molar refractivity (Wildman–Crippen MR) is 133 cm³/mol. The molecular formula is C26H43NO2Si. The van der Waals surface area contributed by atoms with Gasteiger partial charge in [0.25, 0.3) is 0 Å². The second-order valence-electron chi connectivity index (χ2n) is 10.0. The number of aliphatic hydroxyl groups excluding tert-OH is 1. The van der Waals surface area contributed by atoms with E-state index in [-0.39, 0.29) is 5.04 Å². The third-order valence-electron chi connectivity index (χ3n) is 6.00. The fourth-order valence-corrected chi connectivity index (χ4v) is 3.71. The maximum Gasteiger partial charge on any atom is 0.192 e. The lowest BCUT2D eigenvalue weighted by molar-refractivity contribution is 0.215. The average molecular weight is 430 g/mol. The molecule has 1 N–H and O–H groups in total. The maximum absolute atomic E-state index is 10.5. The molecule has 1 atom stereocenters. The smallest absolute Gasteiger partial charge is 0.192 e. The Morgan fingerprint density at radius 2 is 1.80 bits per heavy atom. The molecule has 168 valence electrons. The SMILES string of the molecule is C/C(=C/C[C@H](O)/C(C)=C/c1cccc(C)n1)CC/C=C(\C)CO[Si](C)(C)C(C)(C)C. The van der Waals surface area contributed by atoms with E-state index in [0.29, 0.717) is 6.42 Å². The van der Waals surface area contributed by atoms with Crippen LogP contribution < -0.4 is 0 Å². The van der Waals surface area contributed by atoms with Crippen molar-refractivity contribution in [1.82, 2.24) is 4.98 Å². The molecule has 0 radical (unpaired) electrons. The van der Waals surface area contributed by atoms with Crippen molar-refractivity contribution in [2.75, 3.05) is 6.61 Å². The van der Waals surface area contributed by atoms with E-state index in [1.54, 1.807) is 0 Å². The van der Waals surface area contributed by atoms with Gasteiger partial charge < -0.3 is 9.53 Å². The molecule has 1 rings (SSSR count).